The van der Waals surface area contributed by atoms with Crippen molar-refractivity contribution in [2.45, 2.75) is 37.6 Å². The Morgan fingerprint density at radius 1 is 1.24 bits per heavy atom. The van der Waals surface area contributed by atoms with E-state index >= 15 is 0 Å². The van der Waals surface area contributed by atoms with Gasteiger partial charge >= 0.3 is 0 Å². The van der Waals surface area contributed by atoms with Gasteiger partial charge in [0.25, 0.3) is 0 Å². The average Bonchev–Trinajstić information content (AvgIpc) is 2.45. The second-order valence-corrected chi connectivity index (χ2v) is 8.28. The third-order valence-electron chi connectivity index (χ3n) is 3.35. The van der Waals surface area contributed by atoms with Crippen molar-refractivity contribution in [3.05, 3.63) is 27.1 Å². The molecule has 0 N–H and O–H groups in total. The Bertz CT molecular complexity index is 559. The van der Waals surface area contributed by atoms with E-state index in [2.05, 4.69) is 31.9 Å². The number of ether oxygens (including phenoxy) is 1. The fourth-order valence-corrected chi connectivity index (χ4v) is 5.40. The molecule has 0 unspecified atom stereocenters. The first-order valence-corrected chi connectivity index (χ1v) is 9.86. The van der Waals surface area contributed by atoms with E-state index in [0.717, 1.165) is 17.3 Å². The fourth-order valence-electron chi connectivity index (χ4n) is 2.18. The highest BCUT2D eigenvalue weighted by atomic mass is 79.9. The molecule has 4 nitrogen and oxygen atoms in total. The lowest BCUT2D eigenvalue weighted by atomic mass is 10.2. The molecule has 1 aromatic rings. The van der Waals surface area contributed by atoms with Crippen LogP contribution in [-0.2, 0) is 14.8 Å². The number of halogens is 2. The Morgan fingerprint density at radius 2 is 1.86 bits per heavy atom. The maximum absolute atomic E-state index is 13.0. The van der Waals surface area contributed by atoms with Crippen LogP contribution in [0.1, 0.15) is 26.7 Å². The molecular weight excluding hydrogens is 422 g/mol. The first kappa shape index (κ1) is 19.1. The summed E-state index contributed by atoms with van der Waals surface area (Å²) in [7, 11) is -2.00. The largest absolute Gasteiger partial charge is 0.383 e. The Hall–Kier alpha value is 0.0500. The summed E-state index contributed by atoms with van der Waals surface area (Å²) in [5, 5.41) is 0. The Labute approximate surface area is 144 Å². The molecule has 0 heterocycles. The van der Waals surface area contributed by atoms with Gasteiger partial charge in [0.1, 0.15) is 0 Å². The van der Waals surface area contributed by atoms with Gasteiger partial charge in [-0.25, -0.2) is 8.42 Å². The van der Waals surface area contributed by atoms with Gasteiger partial charge in [0, 0.05) is 28.6 Å². The number of sulfonamides is 1. The highest BCUT2D eigenvalue weighted by Crippen LogP contribution is 2.30. The summed E-state index contributed by atoms with van der Waals surface area (Å²) in [6, 6.07) is 5.13. The number of nitrogens with zero attached hydrogens (tertiary/aromatic N) is 1. The number of methoxy groups -OCH3 is 1. The fraction of sp³-hybridized carbons (Fsp3) is 0.571. The molecule has 0 aliphatic carbocycles. The zero-order valence-electron chi connectivity index (χ0n) is 12.5. The van der Waals surface area contributed by atoms with Crippen LogP contribution in [0.5, 0.6) is 0 Å². The minimum atomic E-state index is -3.57. The number of hydrogen-bond acceptors (Lipinski definition) is 3. The molecular formula is C14H21Br2NO3S. The molecule has 0 saturated carbocycles. The number of benzene rings is 1. The van der Waals surface area contributed by atoms with Gasteiger partial charge in [0.15, 0.2) is 0 Å². The predicted molar refractivity (Wildman–Crippen MR) is 92.0 cm³/mol. The smallest absolute Gasteiger partial charge is 0.244 e. The normalized spacial score (nSPS) is 12.3. The average molecular weight is 443 g/mol. The van der Waals surface area contributed by atoms with Crippen LogP contribution in [0.2, 0.25) is 0 Å². The third kappa shape index (κ3) is 4.76. The summed E-state index contributed by atoms with van der Waals surface area (Å²) in [6.45, 7) is 4.73. The van der Waals surface area contributed by atoms with Gasteiger partial charge in [-0.2, -0.15) is 4.31 Å². The lowest BCUT2D eigenvalue weighted by molar-refractivity contribution is 0.163. The maximum Gasteiger partial charge on any atom is 0.244 e. The summed E-state index contributed by atoms with van der Waals surface area (Å²) in [6.07, 6.45) is 1.54. The van der Waals surface area contributed by atoms with Crippen LogP contribution in [0.25, 0.3) is 0 Å². The van der Waals surface area contributed by atoms with E-state index in [4.69, 9.17) is 4.74 Å². The number of rotatable bonds is 8. The van der Waals surface area contributed by atoms with Gasteiger partial charge < -0.3 is 4.74 Å². The lowest BCUT2D eigenvalue weighted by Gasteiger charge is -2.29. The molecule has 21 heavy (non-hydrogen) atoms. The van der Waals surface area contributed by atoms with Crippen LogP contribution in [0.3, 0.4) is 0 Å². The van der Waals surface area contributed by atoms with E-state index in [0.29, 0.717) is 17.6 Å². The molecule has 0 saturated heterocycles. The van der Waals surface area contributed by atoms with E-state index in [1.54, 1.807) is 29.6 Å². The zero-order valence-corrected chi connectivity index (χ0v) is 16.5. The molecule has 0 fully saturated rings. The van der Waals surface area contributed by atoms with Gasteiger partial charge in [-0.05, 0) is 47.0 Å². The van der Waals surface area contributed by atoms with Crippen LogP contribution in [-0.4, -0.2) is 39.0 Å². The van der Waals surface area contributed by atoms with Crippen molar-refractivity contribution in [2.75, 3.05) is 20.3 Å². The molecule has 7 heteroatoms. The Kier molecular flexibility index (Phi) is 7.84. The Balaban J connectivity index is 3.28. The van der Waals surface area contributed by atoms with Gasteiger partial charge in [0.2, 0.25) is 10.0 Å². The van der Waals surface area contributed by atoms with Crippen LogP contribution < -0.4 is 0 Å². The first-order chi connectivity index (χ1) is 9.88. The van der Waals surface area contributed by atoms with Gasteiger partial charge in [-0.3, -0.25) is 0 Å². The zero-order chi connectivity index (χ0) is 16.0. The molecule has 0 aliphatic rings. The standard InChI is InChI=1S/C14H21Br2NO3S/c1-4-12(5-2)17(8-9-20-3)21(18,19)14-10-11(15)6-7-13(14)16/h6-7,10,12H,4-5,8-9H2,1-3H3. The maximum atomic E-state index is 13.0. The monoisotopic (exact) mass is 441 g/mol. The summed E-state index contributed by atoms with van der Waals surface area (Å²) >= 11 is 6.67. The van der Waals surface area contributed by atoms with Crippen LogP contribution >= 0.6 is 31.9 Å². The summed E-state index contributed by atoms with van der Waals surface area (Å²) in [5.74, 6) is 0. The molecule has 1 aromatic carbocycles. The van der Waals surface area contributed by atoms with E-state index in [1.807, 2.05) is 13.8 Å². The van der Waals surface area contributed by atoms with E-state index in [9.17, 15) is 8.42 Å². The van der Waals surface area contributed by atoms with Gasteiger partial charge in [0.05, 0.1) is 11.5 Å². The van der Waals surface area contributed by atoms with Crippen LogP contribution in [0, 0.1) is 0 Å². The van der Waals surface area contributed by atoms with E-state index < -0.39 is 10.0 Å². The van der Waals surface area contributed by atoms with Crippen LogP contribution in [0.15, 0.2) is 32.0 Å². The van der Waals surface area contributed by atoms with Crippen molar-refractivity contribution in [3.63, 3.8) is 0 Å². The minimum Gasteiger partial charge on any atom is -0.383 e. The van der Waals surface area contributed by atoms with Gasteiger partial charge in [-0.15, -0.1) is 0 Å². The second-order valence-electron chi connectivity index (χ2n) is 4.65. The van der Waals surface area contributed by atoms with Gasteiger partial charge in [-0.1, -0.05) is 29.8 Å². The Morgan fingerprint density at radius 3 is 2.38 bits per heavy atom. The second kappa shape index (κ2) is 8.62. The molecule has 0 aliphatic heterocycles. The van der Waals surface area contributed by atoms with E-state index in [1.165, 1.54) is 0 Å². The molecule has 0 radical (unpaired) electrons. The summed E-state index contributed by atoms with van der Waals surface area (Å²) < 4.78 is 33.9. The summed E-state index contributed by atoms with van der Waals surface area (Å²) in [4.78, 5) is 0.278. The summed E-state index contributed by atoms with van der Waals surface area (Å²) in [5.41, 5.74) is 0. The topological polar surface area (TPSA) is 46.6 Å². The SMILES string of the molecule is CCC(CC)N(CCOC)S(=O)(=O)c1cc(Br)ccc1Br. The highest BCUT2D eigenvalue weighted by Gasteiger charge is 2.31. The molecule has 0 amide bonds. The van der Waals surface area contributed by atoms with Crippen molar-refractivity contribution in [3.8, 4) is 0 Å². The van der Waals surface area contributed by atoms with Crippen molar-refractivity contribution in [1.29, 1.82) is 0 Å². The van der Waals surface area contributed by atoms with E-state index in [-0.39, 0.29) is 10.9 Å². The number of hydrogen-bond donors (Lipinski definition) is 0. The quantitative estimate of drug-likeness (QED) is 0.610. The molecule has 0 bridgehead atoms. The molecule has 0 atom stereocenters. The van der Waals surface area contributed by atoms with Crippen molar-refractivity contribution >= 4 is 41.9 Å². The minimum absolute atomic E-state index is 0.0315. The first-order valence-electron chi connectivity index (χ1n) is 6.84. The molecule has 1 rings (SSSR count). The molecule has 0 spiro atoms. The predicted octanol–water partition coefficient (Wildman–Crippen LogP) is 4.04. The highest BCUT2D eigenvalue weighted by molar-refractivity contribution is 9.11. The third-order valence-corrected chi connectivity index (χ3v) is 6.78. The van der Waals surface area contributed by atoms with Crippen LogP contribution in [0.4, 0.5) is 0 Å². The van der Waals surface area contributed by atoms with Crippen molar-refractivity contribution < 1.29 is 13.2 Å². The van der Waals surface area contributed by atoms with Crippen molar-refractivity contribution in [2.24, 2.45) is 0 Å². The van der Waals surface area contributed by atoms with Crippen molar-refractivity contribution in [1.82, 2.24) is 4.31 Å². The molecule has 0 aromatic heterocycles. The molecule has 120 valence electrons. The lowest BCUT2D eigenvalue weighted by Crippen LogP contribution is -2.41.